The number of hydrogen-bond donors (Lipinski definition) is 0. The van der Waals surface area contributed by atoms with Crippen LogP contribution in [0.4, 0.5) is 4.79 Å². The number of carbonyl (C=O) groups excluding carboxylic acids is 1. The van der Waals surface area contributed by atoms with Crippen molar-refractivity contribution in [3.63, 3.8) is 0 Å². The van der Waals surface area contributed by atoms with Gasteiger partial charge in [-0.25, -0.2) is 4.79 Å². The third-order valence-electron chi connectivity index (χ3n) is 3.30. The van der Waals surface area contributed by atoms with Crippen molar-refractivity contribution >= 4 is 41.1 Å². The number of halogens is 2. The van der Waals surface area contributed by atoms with Crippen LogP contribution in [0.25, 0.3) is 0 Å². The van der Waals surface area contributed by atoms with E-state index in [4.69, 9.17) is 27.9 Å². The predicted octanol–water partition coefficient (Wildman–Crippen LogP) is 5.49. The summed E-state index contributed by atoms with van der Waals surface area (Å²) in [6, 6.07) is 5.69. The van der Waals surface area contributed by atoms with Gasteiger partial charge in [0.15, 0.2) is 0 Å². The molecule has 0 N–H and O–H groups in total. The van der Waals surface area contributed by atoms with Crippen molar-refractivity contribution in [3.8, 4) is 0 Å². The summed E-state index contributed by atoms with van der Waals surface area (Å²) in [6.45, 7) is 7.08. The minimum absolute atomic E-state index is 0.225. The number of nitrogens with zero attached hydrogens (tertiary/aromatic N) is 1. The van der Waals surface area contributed by atoms with E-state index in [1.165, 1.54) is 0 Å². The first-order valence-corrected chi connectivity index (χ1v) is 8.98. The monoisotopic (exact) mass is 361 g/mol. The number of benzene rings is 1. The van der Waals surface area contributed by atoms with Gasteiger partial charge in [-0.05, 0) is 45.7 Å². The summed E-state index contributed by atoms with van der Waals surface area (Å²) in [5.41, 5.74) is -0.447. The largest absolute Gasteiger partial charge is 0.444 e. The third kappa shape index (κ3) is 4.97. The molecule has 122 valence electrons. The normalized spacial score (nSPS) is 16.7. The molecule has 6 heteroatoms. The SMILES string of the molecule is CC(C)(C)OC(=O)N1CCC(Sc2cccc(Cl)c2Cl)CC1. The summed E-state index contributed by atoms with van der Waals surface area (Å²) in [7, 11) is 0. The van der Waals surface area contributed by atoms with Gasteiger partial charge < -0.3 is 9.64 Å². The van der Waals surface area contributed by atoms with Crippen LogP contribution in [0.15, 0.2) is 23.1 Å². The summed E-state index contributed by atoms with van der Waals surface area (Å²) in [5.74, 6) is 0. The van der Waals surface area contributed by atoms with Crippen molar-refractivity contribution in [2.45, 2.75) is 49.4 Å². The highest BCUT2D eigenvalue weighted by atomic mass is 35.5. The Bertz CT molecular complexity index is 537. The van der Waals surface area contributed by atoms with Gasteiger partial charge in [-0.3, -0.25) is 0 Å². The number of likely N-dealkylation sites (tertiary alicyclic amines) is 1. The van der Waals surface area contributed by atoms with E-state index in [9.17, 15) is 4.79 Å². The first-order valence-electron chi connectivity index (χ1n) is 7.35. The summed E-state index contributed by atoms with van der Waals surface area (Å²) in [5, 5.41) is 1.64. The topological polar surface area (TPSA) is 29.5 Å². The second-order valence-corrected chi connectivity index (χ2v) is 8.46. The van der Waals surface area contributed by atoms with Gasteiger partial charge in [0.2, 0.25) is 0 Å². The van der Waals surface area contributed by atoms with Gasteiger partial charge in [0, 0.05) is 23.2 Å². The zero-order chi connectivity index (χ0) is 16.3. The Morgan fingerprint density at radius 1 is 1.27 bits per heavy atom. The number of piperidine rings is 1. The molecule has 22 heavy (non-hydrogen) atoms. The molecule has 1 fully saturated rings. The maximum Gasteiger partial charge on any atom is 0.410 e. The Hall–Kier alpha value is -0.580. The zero-order valence-electron chi connectivity index (χ0n) is 13.1. The van der Waals surface area contributed by atoms with Crippen LogP contribution in [-0.4, -0.2) is 34.9 Å². The third-order valence-corrected chi connectivity index (χ3v) is 5.63. The van der Waals surface area contributed by atoms with E-state index >= 15 is 0 Å². The van der Waals surface area contributed by atoms with Gasteiger partial charge in [0.1, 0.15) is 5.60 Å². The lowest BCUT2D eigenvalue weighted by Crippen LogP contribution is -2.42. The maximum atomic E-state index is 12.0. The molecule has 2 rings (SSSR count). The van der Waals surface area contributed by atoms with Gasteiger partial charge in [0.05, 0.1) is 10.0 Å². The van der Waals surface area contributed by atoms with E-state index in [1.807, 2.05) is 32.9 Å². The molecule has 1 aliphatic rings. The van der Waals surface area contributed by atoms with Crippen LogP contribution < -0.4 is 0 Å². The lowest BCUT2D eigenvalue weighted by Gasteiger charge is -2.33. The van der Waals surface area contributed by atoms with Crippen LogP contribution in [0.1, 0.15) is 33.6 Å². The first-order chi connectivity index (χ1) is 10.3. The first kappa shape index (κ1) is 17.8. The predicted molar refractivity (Wildman–Crippen MR) is 93.1 cm³/mol. The lowest BCUT2D eigenvalue weighted by molar-refractivity contribution is 0.0219. The molecule has 0 bridgehead atoms. The van der Waals surface area contributed by atoms with Crippen molar-refractivity contribution in [1.29, 1.82) is 0 Å². The van der Waals surface area contributed by atoms with Gasteiger partial charge in [0.25, 0.3) is 0 Å². The van der Waals surface area contributed by atoms with Gasteiger partial charge in [-0.1, -0.05) is 29.3 Å². The fourth-order valence-corrected chi connectivity index (χ4v) is 3.90. The average molecular weight is 362 g/mol. The van der Waals surface area contributed by atoms with Crippen LogP contribution >= 0.6 is 35.0 Å². The molecule has 0 unspecified atom stereocenters. The molecular formula is C16H21Cl2NO2S. The van der Waals surface area contributed by atoms with E-state index in [2.05, 4.69) is 0 Å². The molecule has 1 aliphatic heterocycles. The Kier molecular flexibility index (Phi) is 5.92. The van der Waals surface area contributed by atoms with Crippen molar-refractivity contribution < 1.29 is 9.53 Å². The van der Waals surface area contributed by atoms with Crippen LogP contribution in [0.2, 0.25) is 10.0 Å². The molecule has 0 saturated carbocycles. The van der Waals surface area contributed by atoms with Gasteiger partial charge >= 0.3 is 6.09 Å². The summed E-state index contributed by atoms with van der Waals surface area (Å²) in [6.07, 6.45) is 1.62. The van der Waals surface area contributed by atoms with Crippen LogP contribution in [-0.2, 0) is 4.74 Å². The number of rotatable bonds is 2. The minimum atomic E-state index is -0.447. The van der Waals surface area contributed by atoms with Crippen LogP contribution in [0.3, 0.4) is 0 Å². The van der Waals surface area contributed by atoms with Crippen molar-refractivity contribution in [2.24, 2.45) is 0 Å². The second-order valence-electron chi connectivity index (χ2n) is 6.34. The van der Waals surface area contributed by atoms with Crippen molar-refractivity contribution in [2.75, 3.05) is 13.1 Å². The molecule has 0 radical (unpaired) electrons. The molecule has 1 aromatic rings. The fourth-order valence-electron chi connectivity index (χ4n) is 2.24. The molecule has 1 heterocycles. The van der Waals surface area contributed by atoms with Crippen LogP contribution in [0.5, 0.6) is 0 Å². The van der Waals surface area contributed by atoms with E-state index in [0.717, 1.165) is 17.7 Å². The minimum Gasteiger partial charge on any atom is -0.444 e. The lowest BCUT2D eigenvalue weighted by atomic mass is 10.1. The number of hydrogen-bond acceptors (Lipinski definition) is 3. The Balaban J connectivity index is 1.87. The summed E-state index contributed by atoms with van der Waals surface area (Å²) >= 11 is 14.0. The highest BCUT2D eigenvalue weighted by molar-refractivity contribution is 8.00. The summed E-state index contributed by atoms with van der Waals surface area (Å²) in [4.78, 5) is 14.8. The number of ether oxygens (including phenoxy) is 1. The molecule has 1 saturated heterocycles. The van der Waals surface area contributed by atoms with E-state index < -0.39 is 5.60 Å². The number of amides is 1. The van der Waals surface area contributed by atoms with Gasteiger partial charge in [-0.15, -0.1) is 11.8 Å². The molecule has 1 aromatic carbocycles. The second kappa shape index (κ2) is 7.33. The fraction of sp³-hybridized carbons (Fsp3) is 0.562. The average Bonchev–Trinajstić information content (AvgIpc) is 2.43. The Labute approximate surface area is 146 Å². The van der Waals surface area contributed by atoms with E-state index in [0.29, 0.717) is 28.4 Å². The summed E-state index contributed by atoms with van der Waals surface area (Å²) < 4.78 is 5.41. The Morgan fingerprint density at radius 3 is 2.50 bits per heavy atom. The van der Waals surface area contributed by atoms with Crippen molar-refractivity contribution in [3.05, 3.63) is 28.2 Å². The zero-order valence-corrected chi connectivity index (χ0v) is 15.4. The number of carbonyl (C=O) groups is 1. The smallest absolute Gasteiger partial charge is 0.410 e. The van der Waals surface area contributed by atoms with E-state index in [1.54, 1.807) is 22.7 Å². The molecule has 0 atom stereocenters. The molecular weight excluding hydrogens is 341 g/mol. The van der Waals surface area contributed by atoms with Gasteiger partial charge in [-0.2, -0.15) is 0 Å². The van der Waals surface area contributed by atoms with Crippen molar-refractivity contribution in [1.82, 2.24) is 4.90 Å². The standard InChI is InChI=1S/C16H21Cl2NO2S/c1-16(2,3)21-15(20)19-9-7-11(8-10-19)22-13-6-4-5-12(17)14(13)18/h4-6,11H,7-10H2,1-3H3. The highest BCUT2D eigenvalue weighted by Crippen LogP contribution is 2.38. The molecule has 0 aromatic heterocycles. The highest BCUT2D eigenvalue weighted by Gasteiger charge is 2.27. The molecule has 1 amide bonds. The quantitative estimate of drug-likeness (QED) is 0.697. The van der Waals surface area contributed by atoms with Crippen LogP contribution in [0, 0.1) is 0 Å². The molecule has 0 spiro atoms. The number of thioether (sulfide) groups is 1. The molecule has 3 nitrogen and oxygen atoms in total. The Morgan fingerprint density at radius 2 is 1.91 bits per heavy atom. The molecule has 0 aliphatic carbocycles. The maximum absolute atomic E-state index is 12.0. The van der Waals surface area contributed by atoms with E-state index in [-0.39, 0.29) is 6.09 Å².